The van der Waals surface area contributed by atoms with Gasteiger partial charge in [0.05, 0.1) is 23.4 Å². The van der Waals surface area contributed by atoms with Crippen molar-refractivity contribution >= 4 is 17.3 Å². The smallest absolute Gasteiger partial charge is 0.191 e. The van der Waals surface area contributed by atoms with Crippen LogP contribution >= 0.6 is 11.3 Å². The second-order valence-electron chi connectivity index (χ2n) is 5.14. The monoisotopic (exact) mass is 320 g/mol. The summed E-state index contributed by atoms with van der Waals surface area (Å²) in [5.74, 6) is 0.830. The van der Waals surface area contributed by atoms with Crippen molar-refractivity contribution < 1.29 is 0 Å². The van der Waals surface area contributed by atoms with Gasteiger partial charge in [-0.25, -0.2) is 9.98 Å². The molecule has 120 valence electrons. The molecule has 0 atom stereocenters. The van der Waals surface area contributed by atoms with E-state index in [0.717, 1.165) is 36.7 Å². The van der Waals surface area contributed by atoms with E-state index in [-0.39, 0.29) is 0 Å². The average Bonchev–Trinajstić information content (AvgIpc) is 3.03. The van der Waals surface area contributed by atoms with E-state index in [1.807, 2.05) is 19.4 Å². The number of hydrogen-bond acceptors (Lipinski definition) is 4. The van der Waals surface area contributed by atoms with Gasteiger partial charge in [0.25, 0.3) is 0 Å². The second kappa shape index (κ2) is 7.93. The van der Waals surface area contributed by atoms with E-state index in [9.17, 15) is 0 Å². The molecular formula is C15H24N6S. The lowest BCUT2D eigenvalue weighted by molar-refractivity contribution is 0.766. The Balaban J connectivity index is 1.85. The first kappa shape index (κ1) is 16.5. The Kier molecular flexibility index (Phi) is 5.94. The van der Waals surface area contributed by atoms with Gasteiger partial charge in [-0.2, -0.15) is 5.10 Å². The molecule has 0 fully saturated rings. The van der Waals surface area contributed by atoms with Gasteiger partial charge in [-0.05, 0) is 20.8 Å². The summed E-state index contributed by atoms with van der Waals surface area (Å²) in [5.41, 5.74) is 2.24. The van der Waals surface area contributed by atoms with Crippen LogP contribution in [0.2, 0.25) is 0 Å². The summed E-state index contributed by atoms with van der Waals surface area (Å²) in [5, 5.41) is 11.9. The molecule has 22 heavy (non-hydrogen) atoms. The van der Waals surface area contributed by atoms with Gasteiger partial charge in [-0.3, -0.25) is 4.68 Å². The summed E-state index contributed by atoms with van der Waals surface area (Å²) >= 11 is 1.77. The zero-order valence-corrected chi connectivity index (χ0v) is 14.5. The molecule has 2 rings (SSSR count). The van der Waals surface area contributed by atoms with Crippen molar-refractivity contribution in [3.05, 3.63) is 33.5 Å². The lowest BCUT2D eigenvalue weighted by atomic mass is 10.4. The molecular weight excluding hydrogens is 296 g/mol. The Morgan fingerprint density at radius 3 is 2.77 bits per heavy atom. The lowest BCUT2D eigenvalue weighted by Crippen LogP contribution is -2.38. The fraction of sp³-hybridized carbons (Fsp3) is 0.533. The van der Waals surface area contributed by atoms with E-state index >= 15 is 0 Å². The summed E-state index contributed by atoms with van der Waals surface area (Å²) in [6.45, 7) is 8.53. The topological polar surface area (TPSA) is 67.1 Å². The van der Waals surface area contributed by atoms with Gasteiger partial charge in [0.2, 0.25) is 0 Å². The van der Waals surface area contributed by atoms with Crippen LogP contribution in [0.15, 0.2) is 17.4 Å². The fourth-order valence-corrected chi connectivity index (χ4v) is 2.93. The van der Waals surface area contributed by atoms with Crippen LogP contribution in [-0.2, 0) is 20.0 Å². The summed E-state index contributed by atoms with van der Waals surface area (Å²) in [6, 6.07) is 0. The van der Waals surface area contributed by atoms with Crippen molar-refractivity contribution in [1.29, 1.82) is 0 Å². The largest absolute Gasteiger partial charge is 0.357 e. The molecule has 0 aliphatic carbocycles. The Labute approximate surface area is 135 Å². The molecule has 0 aliphatic heterocycles. The molecule has 7 heteroatoms. The molecule has 2 N–H and O–H groups in total. The number of thiazole rings is 1. The number of aliphatic imine (C=N–C) groups is 1. The highest BCUT2D eigenvalue weighted by Gasteiger charge is 2.04. The van der Waals surface area contributed by atoms with Gasteiger partial charge in [-0.1, -0.05) is 0 Å². The molecule has 0 amide bonds. The van der Waals surface area contributed by atoms with Crippen molar-refractivity contribution in [3.63, 3.8) is 0 Å². The van der Waals surface area contributed by atoms with Gasteiger partial charge in [0.1, 0.15) is 0 Å². The predicted octanol–water partition coefficient (Wildman–Crippen LogP) is 1.79. The molecule has 0 aliphatic rings. The maximum atomic E-state index is 4.58. The third-order valence-electron chi connectivity index (χ3n) is 3.23. The number of nitrogens with one attached hydrogen (secondary N) is 2. The number of rotatable bonds is 6. The van der Waals surface area contributed by atoms with Crippen molar-refractivity contribution in [2.24, 2.45) is 12.0 Å². The van der Waals surface area contributed by atoms with E-state index in [4.69, 9.17) is 0 Å². The molecule has 0 radical (unpaired) electrons. The Bertz CT molecular complexity index is 608. The average molecular weight is 320 g/mol. The fourth-order valence-electron chi connectivity index (χ4n) is 2.00. The first-order valence-corrected chi connectivity index (χ1v) is 8.32. The number of nitrogens with zero attached hydrogens (tertiary/aromatic N) is 4. The number of aromatic nitrogens is 3. The highest BCUT2D eigenvalue weighted by atomic mass is 32.1. The van der Waals surface area contributed by atoms with Crippen LogP contribution in [0.25, 0.3) is 0 Å². The van der Waals surface area contributed by atoms with Crippen LogP contribution in [0.4, 0.5) is 0 Å². The second-order valence-corrected chi connectivity index (χ2v) is 6.43. The van der Waals surface area contributed by atoms with Crippen molar-refractivity contribution in [2.45, 2.75) is 33.7 Å². The maximum Gasteiger partial charge on any atom is 0.191 e. The molecule has 2 heterocycles. The highest BCUT2D eigenvalue weighted by molar-refractivity contribution is 7.11. The first-order valence-electron chi connectivity index (χ1n) is 7.51. The molecule has 0 aromatic carbocycles. The van der Waals surface area contributed by atoms with Gasteiger partial charge in [0, 0.05) is 43.2 Å². The van der Waals surface area contributed by atoms with Crippen molar-refractivity contribution in [3.8, 4) is 0 Å². The lowest BCUT2D eigenvalue weighted by Gasteiger charge is -2.10. The van der Waals surface area contributed by atoms with Crippen LogP contribution in [0.1, 0.15) is 28.1 Å². The van der Waals surface area contributed by atoms with E-state index in [1.54, 1.807) is 16.0 Å². The molecule has 2 aromatic rings. The summed E-state index contributed by atoms with van der Waals surface area (Å²) in [7, 11) is 1.91. The predicted molar refractivity (Wildman–Crippen MR) is 91.3 cm³/mol. The molecule has 0 spiro atoms. The number of hydrogen-bond donors (Lipinski definition) is 2. The van der Waals surface area contributed by atoms with Crippen LogP contribution in [0.5, 0.6) is 0 Å². The Hall–Kier alpha value is -1.89. The van der Waals surface area contributed by atoms with Crippen LogP contribution in [0.3, 0.4) is 0 Å². The van der Waals surface area contributed by atoms with Gasteiger partial charge in [0.15, 0.2) is 5.96 Å². The van der Waals surface area contributed by atoms with E-state index in [1.165, 1.54) is 9.88 Å². The van der Waals surface area contributed by atoms with Gasteiger partial charge in [-0.15, -0.1) is 11.3 Å². The minimum atomic E-state index is 0.624. The van der Waals surface area contributed by atoms with Crippen LogP contribution < -0.4 is 10.6 Å². The SMILES string of the molecule is CCNC(=NCc1cnn(C)c1)NCCc1nc(C)c(C)s1. The molecule has 2 aromatic heterocycles. The van der Waals surface area contributed by atoms with Crippen molar-refractivity contribution in [2.75, 3.05) is 13.1 Å². The first-order chi connectivity index (χ1) is 10.6. The minimum Gasteiger partial charge on any atom is -0.357 e. The number of aryl methyl sites for hydroxylation is 3. The van der Waals surface area contributed by atoms with Crippen molar-refractivity contribution in [1.82, 2.24) is 25.4 Å². The van der Waals surface area contributed by atoms with E-state index in [2.05, 4.69) is 46.5 Å². The van der Waals surface area contributed by atoms with Crippen LogP contribution in [-0.4, -0.2) is 33.8 Å². The molecule has 0 saturated heterocycles. The van der Waals surface area contributed by atoms with Gasteiger partial charge < -0.3 is 10.6 Å². The summed E-state index contributed by atoms with van der Waals surface area (Å²) in [4.78, 5) is 10.4. The minimum absolute atomic E-state index is 0.624. The Morgan fingerprint density at radius 2 is 2.18 bits per heavy atom. The third-order valence-corrected chi connectivity index (χ3v) is 4.36. The summed E-state index contributed by atoms with van der Waals surface area (Å²) < 4.78 is 1.79. The normalized spacial score (nSPS) is 11.7. The zero-order valence-electron chi connectivity index (χ0n) is 13.7. The quantitative estimate of drug-likeness (QED) is 0.629. The Morgan fingerprint density at radius 1 is 1.36 bits per heavy atom. The summed E-state index contributed by atoms with van der Waals surface area (Å²) in [6.07, 6.45) is 4.74. The zero-order chi connectivity index (χ0) is 15.9. The molecule has 0 saturated carbocycles. The molecule has 0 unspecified atom stereocenters. The third kappa shape index (κ3) is 4.84. The molecule has 0 bridgehead atoms. The standard InChI is InChI=1S/C15H24N6S/c1-5-16-15(18-8-13-9-19-21(4)10-13)17-7-6-14-20-11(2)12(3)22-14/h9-10H,5-8H2,1-4H3,(H2,16,17,18). The maximum absolute atomic E-state index is 4.58. The van der Waals surface area contributed by atoms with Crippen LogP contribution in [0, 0.1) is 13.8 Å². The number of guanidine groups is 1. The van der Waals surface area contributed by atoms with E-state index in [0.29, 0.717) is 6.54 Å². The molecule has 6 nitrogen and oxygen atoms in total. The highest BCUT2D eigenvalue weighted by Crippen LogP contribution is 2.16. The van der Waals surface area contributed by atoms with Gasteiger partial charge >= 0.3 is 0 Å². The van der Waals surface area contributed by atoms with E-state index < -0.39 is 0 Å².